The van der Waals surface area contributed by atoms with Crippen LogP contribution in [0.4, 0.5) is 0 Å². The minimum Gasteiger partial charge on any atom is -0.497 e. The van der Waals surface area contributed by atoms with Crippen LogP contribution < -0.4 is 4.74 Å². The number of nitrogens with zero attached hydrogens (tertiary/aromatic N) is 1. The fourth-order valence-corrected chi connectivity index (χ4v) is 7.91. The van der Waals surface area contributed by atoms with Gasteiger partial charge >= 0.3 is 5.97 Å². The molecule has 5 atom stereocenters. The highest BCUT2D eigenvalue weighted by molar-refractivity contribution is 6.05. The second-order valence-corrected chi connectivity index (χ2v) is 11.5. The van der Waals surface area contributed by atoms with Crippen LogP contribution >= 0.6 is 0 Å². The summed E-state index contributed by atoms with van der Waals surface area (Å²) in [6, 6.07) is 6.61. The highest BCUT2D eigenvalue weighted by atomic mass is 16.5. The summed E-state index contributed by atoms with van der Waals surface area (Å²) < 4.78 is 11.2. The molecule has 6 rings (SSSR count). The third kappa shape index (κ3) is 3.00. The molecule has 33 heavy (non-hydrogen) atoms. The summed E-state index contributed by atoms with van der Waals surface area (Å²) in [5.41, 5.74) is 1.30. The molecule has 2 saturated heterocycles. The molecular formula is C28H39NO4. The Bertz CT molecular complexity index is 971. The normalized spacial score (nSPS) is 37.2. The van der Waals surface area contributed by atoms with Gasteiger partial charge in [-0.3, -0.25) is 14.5 Å². The van der Waals surface area contributed by atoms with Crippen molar-refractivity contribution in [3.63, 3.8) is 0 Å². The Labute approximate surface area is 198 Å². The van der Waals surface area contributed by atoms with Gasteiger partial charge in [-0.15, -0.1) is 0 Å². The first-order valence-electron chi connectivity index (χ1n) is 12.8. The number of hydrogen-bond acceptors (Lipinski definition) is 5. The van der Waals surface area contributed by atoms with E-state index in [1.807, 2.05) is 6.92 Å². The molecule has 0 N–H and O–H groups in total. The first kappa shape index (κ1) is 22.9. The van der Waals surface area contributed by atoms with E-state index in [4.69, 9.17) is 9.47 Å². The number of carbonyl (C=O) groups excluding carboxylic acids is 2. The Balaban J connectivity index is 1.58. The predicted molar refractivity (Wildman–Crippen MR) is 127 cm³/mol. The van der Waals surface area contributed by atoms with Gasteiger partial charge in [-0.25, -0.2) is 0 Å². The number of piperidine rings is 2. The van der Waals surface area contributed by atoms with E-state index in [9.17, 15) is 9.59 Å². The number of Topliss-reactive ketones (excluding diaryl/α,β-unsaturated/α-hetero) is 1. The van der Waals surface area contributed by atoms with Crippen LogP contribution in [0.2, 0.25) is 0 Å². The first-order valence-corrected chi connectivity index (χ1v) is 12.8. The molecule has 4 bridgehead atoms. The molecular weight excluding hydrogens is 414 g/mol. The molecule has 2 saturated carbocycles. The molecule has 5 nitrogen and oxygen atoms in total. The lowest BCUT2D eigenvalue weighted by Crippen LogP contribution is -2.78. The molecule has 5 unspecified atom stereocenters. The lowest BCUT2D eigenvalue weighted by Gasteiger charge is -2.71. The highest BCUT2D eigenvalue weighted by Gasteiger charge is 2.73. The van der Waals surface area contributed by atoms with Crippen molar-refractivity contribution in [3.05, 3.63) is 29.3 Å². The van der Waals surface area contributed by atoms with Crippen LogP contribution in [0, 0.1) is 16.7 Å². The largest absolute Gasteiger partial charge is 0.497 e. The second-order valence-electron chi connectivity index (χ2n) is 11.5. The van der Waals surface area contributed by atoms with Gasteiger partial charge in [0.1, 0.15) is 11.2 Å². The fraction of sp³-hybridized carbons (Fsp3) is 0.714. The third-order valence-corrected chi connectivity index (χ3v) is 10.3. The number of fused-ring (bicyclic) bond motifs is 2. The molecule has 1 aromatic carbocycles. The predicted octanol–water partition coefficient (Wildman–Crippen LogP) is 4.69. The van der Waals surface area contributed by atoms with Crippen molar-refractivity contribution in [2.45, 2.75) is 89.6 Å². The molecule has 0 radical (unpaired) electrons. The summed E-state index contributed by atoms with van der Waals surface area (Å²) in [5, 5.41) is 0. The molecule has 180 valence electrons. The van der Waals surface area contributed by atoms with Gasteiger partial charge < -0.3 is 9.47 Å². The standard InChI is InChI=1S/C28H39NO4/c1-6-33-25(31)28(24(30)13-10-18-8-7-9-18)17-27(3)22-14-19-11-12-20(32-5)15-21(19)26(27,2)16-23(28)29(22)4/h11-12,15,18,22-23H,6-10,13-14,16-17H2,1-5H3. The van der Waals surface area contributed by atoms with E-state index in [0.29, 0.717) is 31.4 Å². The van der Waals surface area contributed by atoms with E-state index < -0.39 is 5.41 Å². The molecule has 5 aliphatic rings. The zero-order valence-corrected chi connectivity index (χ0v) is 20.9. The quantitative estimate of drug-likeness (QED) is 0.443. The maximum atomic E-state index is 14.0. The summed E-state index contributed by atoms with van der Waals surface area (Å²) in [6.45, 7) is 6.82. The number of hydrogen-bond donors (Lipinski definition) is 0. The number of rotatable bonds is 7. The summed E-state index contributed by atoms with van der Waals surface area (Å²) in [5.74, 6) is 1.35. The highest BCUT2D eigenvalue weighted by Crippen LogP contribution is 2.68. The van der Waals surface area contributed by atoms with E-state index in [-0.39, 0.29) is 28.6 Å². The van der Waals surface area contributed by atoms with Crippen molar-refractivity contribution >= 4 is 11.8 Å². The summed E-state index contributed by atoms with van der Waals surface area (Å²) in [4.78, 5) is 30.0. The van der Waals surface area contributed by atoms with E-state index in [2.05, 4.69) is 44.0 Å². The minimum atomic E-state index is -1.06. The minimum absolute atomic E-state index is 0.114. The van der Waals surface area contributed by atoms with Crippen LogP contribution in [-0.4, -0.2) is 49.5 Å². The number of ether oxygens (including phenoxy) is 2. The molecule has 0 amide bonds. The SMILES string of the molecule is CCOC(=O)C1(C(=O)CCC2CCC2)CC2(C)C3Cc4ccc(OC)cc4C2(C)CC1N3C. The third-order valence-electron chi connectivity index (χ3n) is 10.3. The molecule has 4 fully saturated rings. The van der Waals surface area contributed by atoms with E-state index in [1.165, 1.54) is 30.4 Å². The average molecular weight is 454 g/mol. The lowest BCUT2D eigenvalue weighted by molar-refractivity contribution is -0.208. The number of esters is 1. The fourth-order valence-electron chi connectivity index (χ4n) is 7.91. The van der Waals surface area contributed by atoms with Crippen molar-refractivity contribution in [3.8, 4) is 5.75 Å². The second kappa shape index (κ2) is 7.83. The topological polar surface area (TPSA) is 55.8 Å². The van der Waals surface area contributed by atoms with Crippen LogP contribution in [0.3, 0.4) is 0 Å². The zero-order valence-electron chi connectivity index (χ0n) is 20.9. The maximum absolute atomic E-state index is 14.0. The van der Waals surface area contributed by atoms with Gasteiger partial charge in [0.25, 0.3) is 0 Å². The van der Waals surface area contributed by atoms with Gasteiger partial charge in [-0.1, -0.05) is 39.2 Å². The maximum Gasteiger partial charge on any atom is 0.321 e. The van der Waals surface area contributed by atoms with Crippen LogP contribution in [0.15, 0.2) is 18.2 Å². The van der Waals surface area contributed by atoms with Crippen molar-refractivity contribution < 1.29 is 19.1 Å². The molecule has 1 aromatic rings. The Hall–Kier alpha value is -1.88. The zero-order chi connectivity index (χ0) is 23.6. The van der Waals surface area contributed by atoms with Crippen LogP contribution in [-0.2, 0) is 26.2 Å². The Kier molecular flexibility index (Phi) is 5.43. The van der Waals surface area contributed by atoms with Gasteiger partial charge in [0.05, 0.1) is 13.7 Å². The van der Waals surface area contributed by atoms with Crippen LogP contribution in [0.5, 0.6) is 5.75 Å². The summed E-state index contributed by atoms with van der Waals surface area (Å²) in [7, 11) is 3.85. The average Bonchev–Trinajstić information content (AvgIpc) is 2.76. The van der Waals surface area contributed by atoms with Crippen molar-refractivity contribution in [1.82, 2.24) is 4.90 Å². The van der Waals surface area contributed by atoms with E-state index in [0.717, 1.165) is 25.0 Å². The van der Waals surface area contributed by atoms with E-state index in [1.54, 1.807) is 7.11 Å². The Morgan fingerprint density at radius 3 is 2.58 bits per heavy atom. The molecule has 5 heteroatoms. The molecule has 0 aromatic heterocycles. The molecule has 2 aliphatic heterocycles. The molecule has 2 heterocycles. The molecule has 3 aliphatic carbocycles. The van der Waals surface area contributed by atoms with Gasteiger partial charge in [-0.2, -0.15) is 0 Å². The summed E-state index contributed by atoms with van der Waals surface area (Å²) in [6.07, 6.45) is 7.42. The lowest BCUT2D eigenvalue weighted by atomic mass is 9.39. The van der Waals surface area contributed by atoms with E-state index >= 15 is 0 Å². The Morgan fingerprint density at radius 1 is 1.18 bits per heavy atom. The smallest absolute Gasteiger partial charge is 0.321 e. The number of likely N-dealkylation sites (N-methyl/N-ethyl adjacent to an activating group) is 1. The van der Waals surface area contributed by atoms with Gasteiger partial charge in [0.15, 0.2) is 5.78 Å². The van der Waals surface area contributed by atoms with Gasteiger partial charge in [-0.05, 0) is 74.2 Å². The van der Waals surface area contributed by atoms with Crippen LogP contribution in [0.25, 0.3) is 0 Å². The first-order chi connectivity index (χ1) is 15.7. The monoisotopic (exact) mass is 453 g/mol. The Morgan fingerprint density at radius 2 is 1.94 bits per heavy atom. The number of ketones is 1. The molecule has 0 spiro atoms. The number of carbonyl (C=O) groups is 2. The summed E-state index contributed by atoms with van der Waals surface area (Å²) >= 11 is 0. The van der Waals surface area contributed by atoms with Gasteiger partial charge in [0.2, 0.25) is 0 Å². The van der Waals surface area contributed by atoms with Crippen molar-refractivity contribution in [2.75, 3.05) is 20.8 Å². The van der Waals surface area contributed by atoms with Gasteiger partial charge in [0, 0.05) is 23.9 Å². The van der Waals surface area contributed by atoms with Crippen molar-refractivity contribution in [2.24, 2.45) is 16.7 Å². The number of methoxy groups -OCH3 is 1. The number of benzene rings is 1. The van der Waals surface area contributed by atoms with Crippen LogP contribution in [0.1, 0.15) is 76.8 Å². The van der Waals surface area contributed by atoms with Crippen molar-refractivity contribution in [1.29, 1.82) is 0 Å².